The largest absolute Gasteiger partial charge is 0.478 e. The van der Waals surface area contributed by atoms with Crippen LogP contribution in [-0.2, 0) is 4.79 Å². The summed E-state index contributed by atoms with van der Waals surface area (Å²) >= 11 is 0. The number of hydrogen-bond donors (Lipinski definition) is 1. The van der Waals surface area contributed by atoms with E-state index in [4.69, 9.17) is 4.74 Å². The molecule has 130 valence electrons. The second kappa shape index (κ2) is 7.61. The molecule has 0 radical (unpaired) electrons. The van der Waals surface area contributed by atoms with Crippen molar-refractivity contribution in [1.82, 2.24) is 0 Å². The molecule has 0 aliphatic carbocycles. The van der Waals surface area contributed by atoms with Crippen molar-refractivity contribution < 1.29 is 23.4 Å². The summed E-state index contributed by atoms with van der Waals surface area (Å²) in [6.07, 6.45) is 0. The number of carbonyl (C=O) groups is 1. The minimum absolute atomic E-state index is 0.0799. The van der Waals surface area contributed by atoms with Crippen molar-refractivity contribution in [2.75, 3.05) is 0 Å². The summed E-state index contributed by atoms with van der Waals surface area (Å²) in [5, 5.41) is 9.76. The highest BCUT2D eigenvalue weighted by atomic mass is 19.1. The third-order valence-corrected chi connectivity index (χ3v) is 3.64. The van der Waals surface area contributed by atoms with Gasteiger partial charge in [-0.25, -0.2) is 13.6 Å². The minimum atomic E-state index is -1.22. The highest BCUT2D eigenvalue weighted by Crippen LogP contribution is 2.30. The van der Waals surface area contributed by atoms with Crippen molar-refractivity contribution in [2.45, 2.75) is 0 Å². The molecule has 0 aliphatic heterocycles. The van der Waals surface area contributed by atoms with E-state index in [9.17, 15) is 18.7 Å². The van der Waals surface area contributed by atoms with Gasteiger partial charge in [-0.3, -0.25) is 0 Å². The summed E-state index contributed by atoms with van der Waals surface area (Å²) in [5.41, 5.74) is 0.693. The zero-order valence-corrected chi connectivity index (χ0v) is 13.5. The van der Waals surface area contributed by atoms with Gasteiger partial charge >= 0.3 is 5.97 Å². The number of hydrogen-bond acceptors (Lipinski definition) is 2. The highest BCUT2D eigenvalue weighted by molar-refractivity contribution is 6.22. The number of carboxylic acid groups (broad SMARTS) is 1. The van der Waals surface area contributed by atoms with Crippen molar-refractivity contribution in [1.29, 1.82) is 0 Å². The molecule has 3 rings (SSSR count). The van der Waals surface area contributed by atoms with E-state index >= 15 is 0 Å². The quantitative estimate of drug-likeness (QED) is 0.399. The normalized spacial score (nSPS) is 11.6. The SMILES string of the molecule is O=C(O)/C(=C(/Oc1ccc(F)cc1)c1ccccc1)c1ccc(F)cc1. The van der Waals surface area contributed by atoms with Gasteiger partial charge in [-0.15, -0.1) is 0 Å². The van der Waals surface area contributed by atoms with Crippen LogP contribution in [0, 0.1) is 11.6 Å². The summed E-state index contributed by atoms with van der Waals surface area (Å²) < 4.78 is 32.2. The van der Waals surface area contributed by atoms with Gasteiger partial charge in [0.1, 0.15) is 28.7 Å². The Morgan fingerprint density at radius 2 is 1.27 bits per heavy atom. The maximum atomic E-state index is 13.2. The predicted molar refractivity (Wildman–Crippen MR) is 94.3 cm³/mol. The molecule has 3 aromatic rings. The topological polar surface area (TPSA) is 46.5 Å². The van der Waals surface area contributed by atoms with Gasteiger partial charge < -0.3 is 9.84 Å². The molecule has 0 spiro atoms. The van der Waals surface area contributed by atoms with Gasteiger partial charge in [0.05, 0.1) is 0 Å². The fourth-order valence-corrected chi connectivity index (χ4v) is 2.43. The first kappa shape index (κ1) is 17.4. The summed E-state index contributed by atoms with van der Waals surface area (Å²) in [6, 6.07) is 19.0. The van der Waals surface area contributed by atoms with Gasteiger partial charge in [0.25, 0.3) is 0 Å². The van der Waals surface area contributed by atoms with Gasteiger partial charge in [0.2, 0.25) is 0 Å². The minimum Gasteiger partial charge on any atom is -0.478 e. The Balaban J connectivity index is 2.18. The third-order valence-electron chi connectivity index (χ3n) is 3.64. The van der Waals surface area contributed by atoms with E-state index < -0.39 is 17.6 Å². The molecule has 3 nitrogen and oxygen atoms in total. The van der Waals surface area contributed by atoms with Crippen molar-refractivity contribution in [3.05, 3.63) is 102 Å². The van der Waals surface area contributed by atoms with Gasteiger partial charge in [0, 0.05) is 5.56 Å². The lowest BCUT2D eigenvalue weighted by atomic mass is 10.0. The summed E-state index contributed by atoms with van der Waals surface area (Å²) in [4.78, 5) is 12.0. The highest BCUT2D eigenvalue weighted by Gasteiger charge is 2.21. The van der Waals surface area contributed by atoms with Crippen LogP contribution in [0.15, 0.2) is 78.9 Å². The molecule has 0 bridgehead atoms. The lowest BCUT2D eigenvalue weighted by Gasteiger charge is -2.15. The van der Waals surface area contributed by atoms with E-state index in [0.29, 0.717) is 11.1 Å². The number of halogens is 2. The van der Waals surface area contributed by atoms with E-state index in [2.05, 4.69) is 0 Å². The Bertz CT molecular complexity index is 931. The number of benzene rings is 3. The van der Waals surface area contributed by atoms with Crippen molar-refractivity contribution in [3.8, 4) is 5.75 Å². The molecule has 5 heteroatoms. The van der Waals surface area contributed by atoms with Crippen LogP contribution in [0.3, 0.4) is 0 Å². The van der Waals surface area contributed by atoms with Crippen LogP contribution in [0.5, 0.6) is 5.75 Å². The third kappa shape index (κ3) is 3.95. The molecule has 0 aromatic heterocycles. The van der Waals surface area contributed by atoms with Crippen LogP contribution in [0.25, 0.3) is 11.3 Å². The van der Waals surface area contributed by atoms with E-state index in [1.807, 2.05) is 0 Å². The predicted octanol–water partition coefficient (Wildman–Crippen LogP) is 5.00. The molecule has 0 unspecified atom stereocenters. The van der Waals surface area contributed by atoms with Crippen LogP contribution in [0.1, 0.15) is 11.1 Å². The molecular weight excluding hydrogens is 338 g/mol. The van der Waals surface area contributed by atoms with E-state index in [1.165, 1.54) is 48.5 Å². The van der Waals surface area contributed by atoms with Crippen LogP contribution < -0.4 is 4.74 Å². The fraction of sp³-hybridized carbons (Fsp3) is 0. The first-order valence-electron chi connectivity index (χ1n) is 7.77. The fourth-order valence-electron chi connectivity index (χ4n) is 2.43. The molecule has 1 N–H and O–H groups in total. The maximum absolute atomic E-state index is 13.2. The van der Waals surface area contributed by atoms with Gasteiger partial charge in [-0.05, 0) is 42.0 Å². The number of ether oxygens (including phenoxy) is 1. The lowest BCUT2D eigenvalue weighted by molar-refractivity contribution is -0.130. The molecular formula is C21H14F2O3. The Morgan fingerprint density at radius 3 is 1.81 bits per heavy atom. The maximum Gasteiger partial charge on any atom is 0.340 e. The van der Waals surface area contributed by atoms with E-state index in [0.717, 1.165) is 0 Å². The summed E-state index contributed by atoms with van der Waals surface area (Å²) in [5.74, 6) is -1.77. The van der Waals surface area contributed by atoms with Crippen LogP contribution in [0.4, 0.5) is 8.78 Å². The summed E-state index contributed by atoms with van der Waals surface area (Å²) in [7, 11) is 0. The monoisotopic (exact) mass is 352 g/mol. The van der Waals surface area contributed by atoms with Crippen molar-refractivity contribution in [2.24, 2.45) is 0 Å². The van der Waals surface area contributed by atoms with Crippen molar-refractivity contribution >= 4 is 17.3 Å². The molecule has 0 fully saturated rings. The first-order chi connectivity index (χ1) is 12.5. The van der Waals surface area contributed by atoms with Crippen LogP contribution >= 0.6 is 0 Å². The number of aliphatic carboxylic acids is 1. The average molecular weight is 352 g/mol. The van der Waals surface area contributed by atoms with E-state index in [-0.39, 0.29) is 17.1 Å². The standard InChI is InChI=1S/C21H14F2O3/c22-16-8-6-14(7-9-16)19(21(24)25)20(15-4-2-1-3-5-15)26-18-12-10-17(23)11-13-18/h1-13H,(H,24,25)/b20-19+. The summed E-state index contributed by atoms with van der Waals surface area (Å²) in [6.45, 7) is 0. The first-order valence-corrected chi connectivity index (χ1v) is 7.77. The van der Waals surface area contributed by atoms with Gasteiger partial charge in [0.15, 0.2) is 0 Å². The zero-order valence-electron chi connectivity index (χ0n) is 13.5. The molecule has 0 saturated carbocycles. The zero-order chi connectivity index (χ0) is 18.5. The lowest BCUT2D eigenvalue weighted by Crippen LogP contribution is -2.08. The number of rotatable bonds is 5. The Hall–Kier alpha value is -3.47. The molecule has 26 heavy (non-hydrogen) atoms. The van der Waals surface area contributed by atoms with Gasteiger partial charge in [-0.2, -0.15) is 0 Å². The molecule has 0 heterocycles. The Kier molecular flexibility index (Phi) is 5.08. The van der Waals surface area contributed by atoms with Gasteiger partial charge in [-0.1, -0.05) is 42.5 Å². The Morgan fingerprint density at radius 1 is 0.731 bits per heavy atom. The molecule has 0 atom stereocenters. The van der Waals surface area contributed by atoms with E-state index in [1.54, 1.807) is 30.3 Å². The molecule has 3 aromatic carbocycles. The number of carboxylic acids is 1. The average Bonchev–Trinajstić information content (AvgIpc) is 2.65. The second-order valence-electron chi connectivity index (χ2n) is 5.44. The van der Waals surface area contributed by atoms with Crippen LogP contribution in [-0.4, -0.2) is 11.1 Å². The molecule has 0 amide bonds. The second-order valence-corrected chi connectivity index (χ2v) is 5.44. The smallest absolute Gasteiger partial charge is 0.340 e. The molecule has 0 aliphatic rings. The van der Waals surface area contributed by atoms with Crippen molar-refractivity contribution in [3.63, 3.8) is 0 Å². The molecule has 0 saturated heterocycles. The Labute approximate surface area is 148 Å². The van der Waals surface area contributed by atoms with Crippen LogP contribution in [0.2, 0.25) is 0 Å².